The van der Waals surface area contributed by atoms with Gasteiger partial charge in [-0.2, -0.15) is 5.10 Å². The molecular weight excluding hydrogens is 418 g/mol. The van der Waals surface area contributed by atoms with Gasteiger partial charge in [-0.05, 0) is 30.3 Å². The first kappa shape index (κ1) is 21.8. The summed E-state index contributed by atoms with van der Waals surface area (Å²) in [6, 6.07) is 26.2. The van der Waals surface area contributed by atoms with Crippen molar-refractivity contribution in [3.63, 3.8) is 0 Å². The number of hydrogen-bond donors (Lipinski definition) is 1. The predicted molar refractivity (Wildman–Crippen MR) is 124 cm³/mol. The highest BCUT2D eigenvalue weighted by Gasteiger charge is 2.18. The number of para-hydroxylation sites is 1. The first-order valence-corrected chi connectivity index (χ1v) is 10.4. The Balaban J connectivity index is 1.60. The van der Waals surface area contributed by atoms with E-state index in [2.05, 4.69) is 0 Å². The molecule has 33 heavy (non-hydrogen) atoms. The van der Waals surface area contributed by atoms with Crippen LogP contribution in [0.25, 0.3) is 16.9 Å². The largest absolute Gasteiger partial charge is 0.482 e. The fourth-order valence-electron chi connectivity index (χ4n) is 3.49. The second-order valence-corrected chi connectivity index (χ2v) is 7.52. The normalized spacial score (nSPS) is 10.6. The molecule has 0 aliphatic rings. The molecule has 0 aliphatic heterocycles. The number of benzene rings is 3. The number of hydrogen-bond acceptors (Lipinski definition) is 4. The van der Waals surface area contributed by atoms with Gasteiger partial charge in [-0.1, -0.05) is 54.6 Å². The lowest BCUT2D eigenvalue weighted by Gasteiger charge is -2.17. The van der Waals surface area contributed by atoms with Crippen LogP contribution in [0.15, 0.2) is 91.1 Å². The number of carboxylic acid groups (broad SMARTS) is 1. The summed E-state index contributed by atoms with van der Waals surface area (Å²) in [7, 11) is 1.72. The molecule has 0 unspecified atom stereocenters. The van der Waals surface area contributed by atoms with Crippen molar-refractivity contribution in [2.45, 2.75) is 6.54 Å². The van der Waals surface area contributed by atoms with E-state index in [-0.39, 0.29) is 5.91 Å². The number of aromatic nitrogens is 2. The first-order valence-electron chi connectivity index (χ1n) is 10.4. The predicted octanol–water partition coefficient (Wildman–Crippen LogP) is 4.27. The molecule has 7 nitrogen and oxygen atoms in total. The lowest BCUT2D eigenvalue weighted by atomic mass is 10.1. The lowest BCUT2D eigenvalue weighted by molar-refractivity contribution is -0.139. The standard InChI is InChI=1S/C26H23N3O4/c1-28(26(32)20-11-8-14-23(15-20)33-18-24(30)31)16-21-17-29(22-12-6-3-7-13-22)27-25(21)19-9-4-2-5-10-19/h2-15,17H,16,18H2,1H3,(H,30,31). The highest BCUT2D eigenvalue weighted by Crippen LogP contribution is 2.25. The van der Waals surface area contributed by atoms with Crippen molar-refractivity contribution < 1.29 is 19.4 Å². The van der Waals surface area contributed by atoms with E-state index in [4.69, 9.17) is 14.9 Å². The van der Waals surface area contributed by atoms with Crippen LogP contribution >= 0.6 is 0 Å². The van der Waals surface area contributed by atoms with Crippen LogP contribution in [0.5, 0.6) is 5.75 Å². The Morgan fingerprint density at radius 1 is 0.970 bits per heavy atom. The molecule has 1 amide bonds. The number of carbonyl (C=O) groups excluding carboxylic acids is 1. The summed E-state index contributed by atoms with van der Waals surface area (Å²) in [4.78, 5) is 25.4. The molecule has 1 heterocycles. The van der Waals surface area contributed by atoms with Gasteiger partial charge in [0.15, 0.2) is 6.61 Å². The maximum absolute atomic E-state index is 13.1. The molecule has 4 rings (SSSR count). The molecule has 0 aliphatic carbocycles. The van der Waals surface area contributed by atoms with E-state index in [1.807, 2.05) is 71.5 Å². The van der Waals surface area contributed by atoms with Gasteiger partial charge in [-0.3, -0.25) is 4.79 Å². The van der Waals surface area contributed by atoms with Crippen LogP contribution in [0.4, 0.5) is 0 Å². The third-order valence-electron chi connectivity index (χ3n) is 5.06. The fraction of sp³-hybridized carbons (Fsp3) is 0.115. The quantitative estimate of drug-likeness (QED) is 0.441. The number of nitrogens with zero attached hydrogens (tertiary/aromatic N) is 3. The number of rotatable bonds is 8. The molecule has 1 N–H and O–H groups in total. The second kappa shape index (κ2) is 9.82. The summed E-state index contributed by atoms with van der Waals surface area (Å²) in [6.45, 7) is -0.122. The molecule has 0 saturated carbocycles. The highest BCUT2D eigenvalue weighted by atomic mass is 16.5. The third-order valence-corrected chi connectivity index (χ3v) is 5.06. The summed E-state index contributed by atoms with van der Waals surface area (Å²) in [5, 5.41) is 13.6. The van der Waals surface area contributed by atoms with Gasteiger partial charge >= 0.3 is 5.97 Å². The van der Waals surface area contributed by atoms with Gasteiger partial charge in [-0.25, -0.2) is 9.48 Å². The maximum Gasteiger partial charge on any atom is 0.341 e. The second-order valence-electron chi connectivity index (χ2n) is 7.52. The summed E-state index contributed by atoms with van der Waals surface area (Å²) >= 11 is 0. The SMILES string of the molecule is CN(Cc1cn(-c2ccccc2)nc1-c1ccccc1)C(=O)c1cccc(OCC(=O)O)c1. The zero-order chi connectivity index (χ0) is 23.2. The Labute approximate surface area is 191 Å². The van der Waals surface area contributed by atoms with Crippen LogP contribution in [-0.4, -0.2) is 45.3 Å². The van der Waals surface area contributed by atoms with Gasteiger partial charge in [0, 0.05) is 36.5 Å². The minimum absolute atomic E-state index is 0.206. The maximum atomic E-state index is 13.1. The molecule has 0 bridgehead atoms. The molecule has 3 aromatic carbocycles. The van der Waals surface area contributed by atoms with Crippen LogP contribution in [0.3, 0.4) is 0 Å². The van der Waals surface area contributed by atoms with Gasteiger partial charge in [0.25, 0.3) is 5.91 Å². The number of ether oxygens (including phenoxy) is 1. The summed E-state index contributed by atoms with van der Waals surface area (Å²) in [6.07, 6.45) is 1.94. The third kappa shape index (κ3) is 5.27. The van der Waals surface area contributed by atoms with Gasteiger partial charge in [0.1, 0.15) is 5.75 Å². The van der Waals surface area contributed by atoms with E-state index in [0.29, 0.717) is 17.9 Å². The van der Waals surface area contributed by atoms with Crippen molar-refractivity contribution in [2.75, 3.05) is 13.7 Å². The Kier molecular flexibility index (Phi) is 6.50. The Morgan fingerprint density at radius 3 is 2.36 bits per heavy atom. The minimum atomic E-state index is -1.08. The molecule has 0 atom stereocenters. The average Bonchev–Trinajstić information content (AvgIpc) is 3.27. The zero-order valence-electron chi connectivity index (χ0n) is 18.1. The number of amides is 1. The summed E-state index contributed by atoms with van der Waals surface area (Å²) in [5.74, 6) is -0.950. The van der Waals surface area contributed by atoms with Crippen molar-refractivity contribution in [1.29, 1.82) is 0 Å². The minimum Gasteiger partial charge on any atom is -0.482 e. The van der Waals surface area contributed by atoms with E-state index in [1.54, 1.807) is 36.2 Å². The van der Waals surface area contributed by atoms with E-state index < -0.39 is 12.6 Å². The zero-order valence-corrected chi connectivity index (χ0v) is 18.1. The van der Waals surface area contributed by atoms with Crippen molar-refractivity contribution in [3.05, 3.63) is 102 Å². The number of carbonyl (C=O) groups is 2. The van der Waals surface area contributed by atoms with Crippen LogP contribution in [0.2, 0.25) is 0 Å². The van der Waals surface area contributed by atoms with Crippen molar-refractivity contribution in [2.24, 2.45) is 0 Å². The number of aliphatic carboxylic acids is 1. The van der Waals surface area contributed by atoms with Crippen LogP contribution < -0.4 is 4.74 Å². The van der Waals surface area contributed by atoms with Crippen molar-refractivity contribution in [3.8, 4) is 22.7 Å². The van der Waals surface area contributed by atoms with Crippen molar-refractivity contribution in [1.82, 2.24) is 14.7 Å². The van der Waals surface area contributed by atoms with Gasteiger partial charge in [-0.15, -0.1) is 0 Å². The van der Waals surface area contributed by atoms with Crippen molar-refractivity contribution >= 4 is 11.9 Å². The molecule has 1 aromatic heterocycles. The molecule has 0 spiro atoms. The molecule has 4 aromatic rings. The lowest BCUT2D eigenvalue weighted by Crippen LogP contribution is -2.26. The van der Waals surface area contributed by atoms with E-state index in [9.17, 15) is 9.59 Å². The average molecular weight is 441 g/mol. The first-order chi connectivity index (χ1) is 16.0. The molecular formula is C26H23N3O4. The van der Waals surface area contributed by atoms with Gasteiger partial charge < -0.3 is 14.7 Å². The van der Waals surface area contributed by atoms with Crippen LogP contribution in [0.1, 0.15) is 15.9 Å². The van der Waals surface area contributed by atoms with Gasteiger partial charge in [0.05, 0.1) is 11.4 Å². The summed E-state index contributed by atoms with van der Waals surface area (Å²) < 4.78 is 7.02. The molecule has 0 radical (unpaired) electrons. The number of carboxylic acids is 1. The van der Waals surface area contributed by atoms with E-state index >= 15 is 0 Å². The van der Waals surface area contributed by atoms with Crippen LogP contribution in [0, 0.1) is 0 Å². The fourth-order valence-corrected chi connectivity index (χ4v) is 3.49. The Bertz CT molecular complexity index is 1250. The van der Waals surface area contributed by atoms with E-state index in [0.717, 1.165) is 22.5 Å². The van der Waals surface area contributed by atoms with Crippen LogP contribution in [-0.2, 0) is 11.3 Å². The smallest absolute Gasteiger partial charge is 0.341 e. The molecule has 166 valence electrons. The monoisotopic (exact) mass is 441 g/mol. The summed E-state index contributed by atoms with van der Waals surface area (Å²) in [5.41, 5.74) is 4.01. The molecule has 7 heteroatoms. The van der Waals surface area contributed by atoms with E-state index in [1.165, 1.54) is 0 Å². The molecule has 0 saturated heterocycles. The topological polar surface area (TPSA) is 84.7 Å². The molecule has 0 fully saturated rings. The Hall–Kier alpha value is -4.39. The highest BCUT2D eigenvalue weighted by molar-refractivity contribution is 5.94. The Morgan fingerprint density at radius 2 is 1.67 bits per heavy atom. The van der Waals surface area contributed by atoms with Gasteiger partial charge in [0.2, 0.25) is 0 Å².